The van der Waals surface area contributed by atoms with Crippen molar-refractivity contribution in [2.24, 2.45) is 0 Å². The number of allylic oxidation sites excluding steroid dienone is 3. The third kappa shape index (κ3) is 4.32. The summed E-state index contributed by atoms with van der Waals surface area (Å²) in [7, 11) is -1.58. The SMILES string of the molecule is C/C=C\C=C\O[Si](C)(C)C(C)(C)C. The zero-order chi connectivity index (χ0) is 10.5. The summed E-state index contributed by atoms with van der Waals surface area (Å²) in [5, 5.41) is 0.285. The molecule has 0 saturated heterocycles. The molecule has 0 rings (SSSR count). The van der Waals surface area contributed by atoms with Gasteiger partial charge in [0, 0.05) is 0 Å². The maximum atomic E-state index is 5.80. The molecular formula is C11H22OSi. The molecule has 0 radical (unpaired) electrons. The van der Waals surface area contributed by atoms with Crippen molar-refractivity contribution in [3.8, 4) is 0 Å². The van der Waals surface area contributed by atoms with E-state index in [1.807, 2.05) is 31.4 Å². The molecule has 0 aromatic rings. The molecule has 0 aromatic heterocycles. The van der Waals surface area contributed by atoms with E-state index in [0.717, 1.165) is 0 Å². The minimum absolute atomic E-state index is 0.285. The molecule has 0 bridgehead atoms. The largest absolute Gasteiger partial charge is 0.549 e. The predicted octanol–water partition coefficient (Wildman–Crippen LogP) is 4.10. The van der Waals surface area contributed by atoms with Gasteiger partial charge in [-0.05, 0) is 31.1 Å². The van der Waals surface area contributed by atoms with Gasteiger partial charge in [0.2, 0.25) is 8.32 Å². The first-order valence-corrected chi connectivity index (χ1v) is 7.68. The van der Waals surface area contributed by atoms with Crippen LogP contribution in [0.25, 0.3) is 0 Å². The van der Waals surface area contributed by atoms with Crippen molar-refractivity contribution in [3.63, 3.8) is 0 Å². The summed E-state index contributed by atoms with van der Waals surface area (Å²) in [4.78, 5) is 0. The molecule has 1 nitrogen and oxygen atoms in total. The first kappa shape index (κ1) is 12.5. The molecule has 0 aliphatic heterocycles. The van der Waals surface area contributed by atoms with Gasteiger partial charge < -0.3 is 4.43 Å². The summed E-state index contributed by atoms with van der Waals surface area (Å²) >= 11 is 0. The monoisotopic (exact) mass is 198 g/mol. The van der Waals surface area contributed by atoms with E-state index in [-0.39, 0.29) is 5.04 Å². The van der Waals surface area contributed by atoms with Crippen LogP contribution in [0.1, 0.15) is 27.7 Å². The molecule has 0 aliphatic carbocycles. The molecular weight excluding hydrogens is 176 g/mol. The lowest BCUT2D eigenvalue weighted by atomic mass is 10.2. The van der Waals surface area contributed by atoms with Crippen molar-refractivity contribution in [1.82, 2.24) is 0 Å². The number of rotatable bonds is 3. The van der Waals surface area contributed by atoms with Crippen LogP contribution >= 0.6 is 0 Å². The standard InChI is InChI=1S/C11H22OSi/c1-7-8-9-10-12-13(5,6)11(2,3)4/h7-10H,1-6H3/b8-7-,10-9+. The van der Waals surface area contributed by atoms with E-state index in [9.17, 15) is 0 Å². The van der Waals surface area contributed by atoms with Crippen LogP contribution in [0.3, 0.4) is 0 Å². The van der Waals surface area contributed by atoms with Gasteiger partial charge >= 0.3 is 0 Å². The molecule has 0 fully saturated rings. The van der Waals surface area contributed by atoms with E-state index in [4.69, 9.17) is 4.43 Å². The lowest BCUT2D eigenvalue weighted by Crippen LogP contribution is -2.39. The quantitative estimate of drug-likeness (QED) is 0.377. The van der Waals surface area contributed by atoms with E-state index in [1.54, 1.807) is 0 Å². The second-order valence-electron chi connectivity index (χ2n) is 4.73. The van der Waals surface area contributed by atoms with Gasteiger partial charge in [0.25, 0.3) is 0 Å². The van der Waals surface area contributed by atoms with Gasteiger partial charge in [-0.3, -0.25) is 0 Å². The maximum Gasteiger partial charge on any atom is 0.249 e. The third-order valence-corrected chi connectivity index (χ3v) is 6.89. The molecule has 0 atom stereocenters. The van der Waals surface area contributed by atoms with E-state index < -0.39 is 8.32 Å². The normalized spacial score (nSPS) is 14.3. The van der Waals surface area contributed by atoms with Crippen LogP contribution in [-0.4, -0.2) is 8.32 Å². The van der Waals surface area contributed by atoms with E-state index in [2.05, 4.69) is 33.9 Å². The first-order chi connectivity index (χ1) is 5.81. The highest BCUT2D eigenvalue weighted by Crippen LogP contribution is 2.36. The van der Waals surface area contributed by atoms with Crippen LogP contribution < -0.4 is 0 Å². The van der Waals surface area contributed by atoms with Gasteiger partial charge in [-0.15, -0.1) is 0 Å². The predicted molar refractivity (Wildman–Crippen MR) is 62.2 cm³/mol. The highest BCUT2D eigenvalue weighted by Gasteiger charge is 2.37. The Labute approximate surface area is 83.6 Å². The Morgan fingerprint density at radius 3 is 2.00 bits per heavy atom. The van der Waals surface area contributed by atoms with Gasteiger partial charge in [-0.25, -0.2) is 0 Å². The summed E-state index contributed by atoms with van der Waals surface area (Å²) in [5.41, 5.74) is 0. The molecule has 0 spiro atoms. The molecule has 76 valence electrons. The van der Waals surface area contributed by atoms with E-state index >= 15 is 0 Å². The average Bonchev–Trinajstić information content (AvgIpc) is 1.96. The van der Waals surface area contributed by atoms with Crippen LogP contribution in [-0.2, 0) is 4.43 Å². The van der Waals surface area contributed by atoms with Crippen LogP contribution in [0.5, 0.6) is 0 Å². The van der Waals surface area contributed by atoms with Crippen molar-refractivity contribution in [2.45, 2.75) is 45.8 Å². The zero-order valence-corrected chi connectivity index (χ0v) is 10.7. The summed E-state index contributed by atoms with van der Waals surface area (Å²) in [6.07, 6.45) is 7.73. The summed E-state index contributed by atoms with van der Waals surface area (Å²) in [6, 6.07) is 0. The minimum Gasteiger partial charge on any atom is -0.549 e. The third-order valence-electron chi connectivity index (χ3n) is 2.55. The fraction of sp³-hybridized carbons (Fsp3) is 0.636. The fourth-order valence-electron chi connectivity index (χ4n) is 0.543. The van der Waals surface area contributed by atoms with E-state index in [0.29, 0.717) is 0 Å². The maximum absolute atomic E-state index is 5.80. The van der Waals surface area contributed by atoms with Gasteiger partial charge in [-0.2, -0.15) is 0 Å². The second-order valence-corrected chi connectivity index (χ2v) is 9.49. The zero-order valence-electron chi connectivity index (χ0n) is 9.72. The van der Waals surface area contributed by atoms with Crippen LogP contribution in [0.4, 0.5) is 0 Å². The Kier molecular flexibility index (Phi) is 4.47. The van der Waals surface area contributed by atoms with Crippen molar-refractivity contribution < 1.29 is 4.43 Å². The molecule has 0 N–H and O–H groups in total. The molecule has 0 saturated carbocycles. The summed E-state index contributed by atoms with van der Waals surface area (Å²) in [6.45, 7) is 13.2. The molecule has 2 heteroatoms. The minimum atomic E-state index is -1.58. The van der Waals surface area contributed by atoms with Gasteiger partial charge in [0.05, 0.1) is 6.26 Å². The van der Waals surface area contributed by atoms with Crippen molar-refractivity contribution in [1.29, 1.82) is 0 Å². The molecule has 13 heavy (non-hydrogen) atoms. The Morgan fingerprint density at radius 1 is 1.08 bits per heavy atom. The topological polar surface area (TPSA) is 9.23 Å². The number of hydrogen-bond acceptors (Lipinski definition) is 1. The molecule has 0 amide bonds. The summed E-state index contributed by atoms with van der Waals surface area (Å²) < 4.78 is 5.80. The van der Waals surface area contributed by atoms with E-state index in [1.165, 1.54) is 0 Å². The molecule has 0 heterocycles. The molecule has 0 aromatic carbocycles. The van der Waals surface area contributed by atoms with Crippen molar-refractivity contribution in [2.75, 3.05) is 0 Å². The van der Waals surface area contributed by atoms with Gasteiger partial charge in [0.1, 0.15) is 0 Å². The highest BCUT2D eigenvalue weighted by atomic mass is 28.4. The Bertz CT molecular complexity index is 197. The summed E-state index contributed by atoms with van der Waals surface area (Å²) in [5.74, 6) is 0. The Morgan fingerprint density at radius 2 is 1.62 bits per heavy atom. The Hall–Kier alpha value is -0.503. The highest BCUT2D eigenvalue weighted by molar-refractivity contribution is 6.74. The van der Waals surface area contributed by atoms with Crippen molar-refractivity contribution in [3.05, 3.63) is 24.5 Å². The second kappa shape index (κ2) is 4.65. The molecule has 0 aliphatic rings. The molecule has 0 unspecified atom stereocenters. The Balaban J connectivity index is 4.19. The van der Waals surface area contributed by atoms with Crippen LogP contribution in [0, 0.1) is 0 Å². The fourth-order valence-corrected chi connectivity index (χ4v) is 1.31. The first-order valence-electron chi connectivity index (χ1n) is 4.77. The average molecular weight is 198 g/mol. The van der Waals surface area contributed by atoms with Crippen molar-refractivity contribution >= 4 is 8.32 Å². The lowest BCUT2D eigenvalue weighted by molar-refractivity contribution is 0.430. The van der Waals surface area contributed by atoms with Gasteiger partial charge in [0.15, 0.2) is 0 Å². The number of hydrogen-bond donors (Lipinski definition) is 0. The van der Waals surface area contributed by atoms with Gasteiger partial charge in [-0.1, -0.05) is 32.9 Å². The van der Waals surface area contributed by atoms with Crippen LogP contribution in [0.2, 0.25) is 18.1 Å². The van der Waals surface area contributed by atoms with Crippen LogP contribution in [0.15, 0.2) is 24.5 Å². The lowest BCUT2D eigenvalue weighted by Gasteiger charge is -2.34. The smallest absolute Gasteiger partial charge is 0.249 e.